The number of pyridine rings is 1. The topological polar surface area (TPSA) is 70.5 Å². The van der Waals surface area contributed by atoms with E-state index >= 15 is 0 Å². The lowest BCUT2D eigenvalue weighted by Gasteiger charge is -2.33. The van der Waals surface area contributed by atoms with Gasteiger partial charge in [0.1, 0.15) is 4.90 Å². The third kappa shape index (κ3) is 2.74. The summed E-state index contributed by atoms with van der Waals surface area (Å²) in [4.78, 5) is 4.05. The second-order valence-corrected chi connectivity index (χ2v) is 7.09. The first-order chi connectivity index (χ1) is 8.55. The molecular formula is C11H15BrN2O3S. The lowest BCUT2D eigenvalue weighted by molar-refractivity contribution is 0.155. The highest BCUT2D eigenvalue weighted by Crippen LogP contribution is 2.25. The van der Waals surface area contributed by atoms with Gasteiger partial charge in [0.05, 0.1) is 6.61 Å². The van der Waals surface area contributed by atoms with Gasteiger partial charge >= 0.3 is 0 Å². The molecule has 1 N–H and O–H groups in total. The maximum atomic E-state index is 12.5. The van der Waals surface area contributed by atoms with Gasteiger partial charge in [0, 0.05) is 29.5 Å². The summed E-state index contributed by atoms with van der Waals surface area (Å²) < 4.78 is 26.9. The molecule has 0 unspecified atom stereocenters. The third-order valence-electron chi connectivity index (χ3n) is 3.07. The Morgan fingerprint density at radius 1 is 1.44 bits per heavy atom. The summed E-state index contributed by atoms with van der Waals surface area (Å²) in [6.45, 7) is 0.320. The van der Waals surface area contributed by atoms with Crippen molar-refractivity contribution in [3.8, 4) is 0 Å². The van der Waals surface area contributed by atoms with E-state index in [2.05, 4.69) is 20.9 Å². The van der Waals surface area contributed by atoms with Crippen LogP contribution in [-0.2, 0) is 10.0 Å². The lowest BCUT2D eigenvalue weighted by Crippen LogP contribution is -2.45. The molecule has 100 valence electrons. The molecule has 1 aromatic rings. The van der Waals surface area contributed by atoms with Crippen molar-refractivity contribution in [3.63, 3.8) is 0 Å². The van der Waals surface area contributed by atoms with E-state index in [1.54, 1.807) is 6.20 Å². The first kappa shape index (κ1) is 13.9. The van der Waals surface area contributed by atoms with E-state index in [0.717, 1.165) is 12.8 Å². The number of piperidine rings is 1. The van der Waals surface area contributed by atoms with Gasteiger partial charge in [0.15, 0.2) is 0 Å². The number of aliphatic hydroxyl groups excluding tert-OH is 1. The van der Waals surface area contributed by atoms with Crippen molar-refractivity contribution in [3.05, 3.63) is 22.9 Å². The van der Waals surface area contributed by atoms with E-state index in [9.17, 15) is 13.5 Å². The van der Waals surface area contributed by atoms with Gasteiger partial charge in [-0.1, -0.05) is 6.42 Å². The number of rotatable bonds is 3. The monoisotopic (exact) mass is 334 g/mol. The van der Waals surface area contributed by atoms with Gasteiger partial charge in [0.2, 0.25) is 10.0 Å². The van der Waals surface area contributed by atoms with Crippen molar-refractivity contribution < 1.29 is 13.5 Å². The molecular weight excluding hydrogens is 320 g/mol. The minimum atomic E-state index is -3.56. The number of halogens is 1. The van der Waals surface area contributed by atoms with Crippen LogP contribution in [0.3, 0.4) is 0 Å². The zero-order valence-corrected chi connectivity index (χ0v) is 12.2. The number of aromatic nitrogens is 1. The third-order valence-corrected chi connectivity index (χ3v) is 5.42. The molecule has 0 spiro atoms. The zero-order valence-electron chi connectivity index (χ0n) is 9.79. The highest BCUT2D eigenvalue weighted by molar-refractivity contribution is 9.10. The van der Waals surface area contributed by atoms with Crippen LogP contribution in [0.15, 0.2) is 27.8 Å². The second-order valence-electron chi connectivity index (χ2n) is 4.29. The molecule has 2 heterocycles. The molecule has 1 saturated heterocycles. The predicted molar refractivity (Wildman–Crippen MR) is 70.6 cm³/mol. The van der Waals surface area contributed by atoms with E-state index in [4.69, 9.17) is 0 Å². The number of nitrogens with zero attached hydrogens (tertiary/aromatic N) is 2. The summed E-state index contributed by atoms with van der Waals surface area (Å²) >= 11 is 3.22. The SMILES string of the molecule is O=S(=O)(c1cncc(Br)c1)N1CCCC[C@@H]1CO. The minimum Gasteiger partial charge on any atom is -0.395 e. The normalized spacial score (nSPS) is 22.0. The van der Waals surface area contributed by atoms with Gasteiger partial charge in [-0.3, -0.25) is 4.98 Å². The molecule has 0 saturated carbocycles. The van der Waals surface area contributed by atoms with Gasteiger partial charge in [-0.25, -0.2) is 8.42 Å². The molecule has 1 atom stereocenters. The van der Waals surface area contributed by atoms with Gasteiger partial charge in [0.25, 0.3) is 0 Å². The van der Waals surface area contributed by atoms with Crippen LogP contribution in [0, 0.1) is 0 Å². The summed E-state index contributed by atoms with van der Waals surface area (Å²) in [5.41, 5.74) is 0. The largest absolute Gasteiger partial charge is 0.395 e. The fourth-order valence-corrected chi connectivity index (χ4v) is 4.33. The highest BCUT2D eigenvalue weighted by atomic mass is 79.9. The summed E-state index contributed by atoms with van der Waals surface area (Å²) in [7, 11) is -3.56. The molecule has 1 aliphatic rings. The summed E-state index contributed by atoms with van der Waals surface area (Å²) in [6, 6.07) is 1.22. The average Bonchev–Trinajstić information content (AvgIpc) is 2.38. The number of hydrogen-bond acceptors (Lipinski definition) is 4. The van der Waals surface area contributed by atoms with Crippen molar-refractivity contribution in [2.45, 2.75) is 30.2 Å². The van der Waals surface area contributed by atoms with Gasteiger partial charge in [-0.05, 0) is 34.8 Å². The van der Waals surface area contributed by atoms with E-state index < -0.39 is 10.0 Å². The fraction of sp³-hybridized carbons (Fsp3) is 0.545. The Labute approximate surface area is 115 Å². The Balaban J connectivity index is 2.35. The Morgan fingerprint density at radius 2 is 2.22 bits per heavy atom. The smallest absolute Gasteiger partial charge is 0.244 e. The minimum absolute atomic E-state index is 0.138. The van der Waals surface area contributed by atoms with Crippen LogP contribution in [0.4, 0.5) is 0 Å². The van der Waals surface area contributed by atoms with Crippen LogP contribution in [0.5, 0.6) is 0 Å². The Bertz CT molecular complexity index is 521. The van der Waals surface area contributed by atoms with Crippen molar-refractivity contribution in [1.82, 2.24) is 9.29 Å². The van der Waals surface area contributed by atoms with Crippen LogP contribution in [0.2, 0.25) is 0 Å². The molecule has 7 heteroatoms. The van der Waals surface area contributed by atoms with Crippen molar-refractivity contribution in [1.29, 1.82) is 0 Å². The van der Waals surface area contributed by atoms with Crippen molar-refractivity contribution >= 4 is 26.0 Å². The van der Waals surface area contributed by atoms with E-state index in [0.29, 0.717) is 17.4 Å². The standard InChI is InChI=1S/C11H15BrN2O3S/c12-9-5-11(7-13-6-9)18(16,17)14-4-2-1-3-10(14)8-15/h5-7,10,15H,1-4,8H2/t10-/m1/s1. The molecule has 1 fully saturated rings. The highest BCUT2D eigenvalue weighted by Gasteiger charge is 2.33. The molecule has 1 aromatic heterocycles. The second kappa shape index (κ2) is 5.64. The van der Waals surface area contributed by atoms with Gasteiger partial charge < -0.3 is 5.11 Å². The lowest BCUT2D eigenvalue weighted by atomic mass is 10.1. The summed E-state index contributed by atoms with van der Waals surface area (Å²) in [6.07, 6.45) is 5.37. The van der Waals surface area contributed by atoms with Crippen molar-refractivity contribution in [2.24, 2.45) is 0 Å². The quantitative estimate of drug-likeness (QED) is 0.906. The summed E-state index contributed by atoms with van der Waals surface area (Å²) in [5.74, 6) is 0. The summed E-state index contributed by atoms with van der Waals surface area (Å²) in [5, 5.41) is 9.30. The number of sulfonamides is 1. The molecule has 0 bridgehead atoms. The van der Waals surface area contributed by atoms with Crippen molar-refractivity contribution in [2.75, 3.05) is 13.2 Å². The van der Waals surface area contributed by atoms with Crippen LogP contribution >= 0.6 is 15.9 Å². The Kier molecular flexibility index (Phi) is 4.37. The van der Waals surface area contributed by atoms with Gasteiger partial charge in [-0.2, -0.15) is 4.31 Å². The van der Waals surface area contributed by atoms with Crippen LogP contribution in [0.25, 0.3) is 0 Å². The van der Waals surface area contributed by atoms with E-state index in [1.165, 1.54) is 16.6 Å². The predicted octanol–water partition coefficient (Wildman–Crippen LogP) is 1.38. The van der Waals surface area contributed by atoms with Crippen LogP contribution in [0.1, 0.15) is 19.3 Å². The maximum Gasteiger partial charge on any atom is 0.244 e. The van der Waals surface area contributed by atoms with Crippen LogP contribution < -0.4 is 0 Å². The molecule has 0 aliphatic carbocycles. The number of aliphatic hydroxyl groups is 1. The van der Waals surface area contributed by atoms with E-state index in [-0.39, 0.29) is 17.5 Å². The average molecular weight is 335 g/mol. The first-order valence-electron chi connectivity index (χ1n) is 5.79. The maximum absolute atomic E-state index is 12.5. The molecule has 0 radical (unpaired) electrons. The zero-order chi connectivity index (χ0) is 13.2. The molecule has 5 nitrogen and oxygen atoms in total. The fourth-order valence-electron chi connectivity index (χ4n) is 2.14. The molecule has 0 amide bonds. The van der Waals surface area contributed by atoms with E-state index in [1.807, 2.05) is 0 Å². The Morgan fingerprint density at radius 3 is 2.89 bits per heavy atom. The first-order valence-corrected chi connectivity index (χ1v) is 8.02. The molecule has 18 heavy (non-hydrogen) atoms. The van der Waals surface area contributed by atoms with Gasteiger partial charge in [-0.15, -0.1) is 0 Å². The number of hydrogen-bond donors (Lipinski definition) is 1. The molecule has 1 aliphatic heterocycles. The Hall–Kier alpha value is -0.500. The van der Waals surface area contributed by atoms with Crippen LogP contribution in [-0.4, -0.2) is 42.0 Å². The molecule has 0 aromatic carbocycles. The molecule has 2 rings (SSSR count).